The van der Waals surface area contributed by atoms with Gasteiger partial charge in [0.25, 0.3) is 0 Å². The highest BCUT2D eigenvalue weighted by molar-refractivity contribution is 5.91. The van der Waals surface area contributed by atoms with Gasteiger partial charge in [0.1, 0.15) is 6.04 Å². The molecule has 1 rings (SSSR count). The van der Waals surface area contributed by atoms with Crippen molar-refractivity contribution in [2.45, 2.75) is 46.2 Å². The predicted molar refractivity (Wildman–Crippen MR) is 84.1 cm³/mol. The summed E-state index contributed by atoms with van der Waals surface area (Å²) in [5.41, 5.74) is -0.597. The smallest absolute Gasteiger partial charge is 0.244 e. The van der Waals surface area contributed by atoms with Gasteiger partial charge in [0.2, 0.25) is 11.8 Å². The zero-order valence-corrected chi connectivity index (χ0v) is 14.0. The van der Waals surface area contributed by atoms with Crippen LogP contribution in [0.15, 0.2) is 0 Å². The Kier molecular flexibility index (Phi) is 6.61. The van der Waals surface area contributed by atoms with Gasteiger partial charge in [0.05, 0.1) is 5.54 Å². The fourth-order valence-electron chi connectivity index (χ4n) is 2.61. The van der Waals surface area contributed by atoms with Crippen molar-refractivity contribution in [1.82, 2.24) is 20.4 Å². The van der Waals surface area contributed by atoms with E-state index in [1.54, 1.807) is 11.8 Å². The summed E-state index contributed by atoms with van der Waals surface area (Å²) >= 11 is 0. The molecular weight excluding hydrogens is 268 g/mol. The van der Waals surface area contributed by atoms with E-state index in [1.165, 1.54) is 0 Å². The Morgan fingerprint density at radius 3 is 2.24 bits per heavy atom. The summed E-state index contributed by atoms with van der Waals surface area (Å²) in [7, 11) is 0. The van der Waals surface area contributed by atoms with Crippen molar-refractivity contribution in [3.8, 4) is 0 Å². The third-order valence-electron chi connectivity index (χ3n) is 4.26. The van der Waals surface area contributed by atoms with Crippen molar-refractivity contribution in [2.24, 2.45) is 0 Å². The van der Waals surface area contributed by atoms with Gasteiger partial charge in [-0.25, -0.2) is 0 Å². The molecule has 0 spiro atoms. The zero-order chi connectivity index (χ0) is 16.0. The van der Waals surface area contributed by atoms with Crippen LogP contribution >= 0.6 is 0 Å². The Bertz CT molecular complexity index is 361. The van der Waals surface area contributed by atoms with Crippen LogP contribution in [0.2, 0.25) is 0 Å². The molecule has 0 aromatic heterocycles. The number of nitrogens with zero attached hydrogens (tertiary/aromatic N) is 2. The molecule has 1 atom stereocenters. The van der Waals surface area contributed by atoms with E-state index in [9.17, 15) is 9.59 Å². The normalized spacial score (nSPS) is 18.1. The molecule has 0 saturated carbocycles. The molecule has 21 heavy (non-hydrogen) atoms. The monoisotopic (exact) mass is 298 g/mol. The maximum absolute atomic E-state index is 12.5. The summed E-state index contributed by atoms with van der Waals surface area (Å²) in [5, 5.41) is 6.15. The average Bonchev–Trinajstić information content (AvgIpc) is 2.49. The lowest BCUT2D eigenvalue weighted by Crippen LogP contribution is -2.62. The van der Waals surface area contributed by atoms with Crippen LogP contribution in [0.4, 0.5) is 0 Å². The average molecular weight is 298 g/mol. The second-order valence-electron chi connectivity index (χ2n) is 6.00. The SMILES string of the molecule is CCN(CC)C(=O)C(C)NC(=O)C(C)(C)N1CCNCC1. The molecule has 0 radical (unpaired) electrons. The van der Waals surface area contributed by atoms with E-state index in [1.807, 2.05) is 27.7 Å². The first-order valence-electron chi connectivity index (χ1n) is 7.90. The lowest BCUT2D eigenvalue weighted by Gasteiger charge is -2.40. The van der Waals surface area contributed by atoms with Crippen molar-refractivity contribution >= 4 is 11.8 Å². The third kappa shape index (κ3) is 4.41. The van der Waals surface area contributed by atoms with Crippen LogP contribution in [0, 0.1) is 0 Å². The quantitative estimate of drug-likeness (QED) is 0.727. The van der Waals surface area contributed by atoms with Gasteiger partial charge in [-0.3, -0.25) is 14.5 Å². The van der Waals surface area contributed by atoms with Crippen molar-refractivity contribution in [1.29, 1.82) is 0 Å². The van der Waals surface area contributed by atoms with E-state index in [2.05, 4.69) is 15.5 Å². The molecule has 6 nitrogen and oxygen atoms in total. The minimum atomic E-state index is -0.597. The molecule has 2 N–H and O–H groups in total. The Labute approximate surface area is 128 Å². The number of likely N-dealkylation sites (N-methyl/N-ethyl adjacent to an activating group) is 1. The van der Waals surface area contributed by atoms with Crippen molar-refractivity contribution in [3.63, 3.8) is 0 Å². The molecule has 1 saturated heterocycles. The van der Waals surface area contributed by atoms with Gasteiger partial charge in [0, 0.05) is 39.3 Å². The first-order valence-corrected chi connectivity index (χ1v) is 7.90. The van der Waals surface area contributed by atoms with E-state index in [4.69, 9.17) is 0 Å². The van der Waals surface area contributed by atoms with Gasteiger partial charge in [-0.15, -0.1) is 0 Å². The summed E-state index contributed by atoms with van der Waals surface area (Å²) in [6, 6.07) is -0.486. The molecule has 0 aromatic rings. The highest BCUT2D eigenvalue weighted by atomic mass is 16.2. The van der Waals surface area contributed by atoms with Crippen molar-refractivity contribution < 1.29 is 9.59 Å². The molecule has 0 aliphatic carbocycles. The first-order chi connectivity index (χ1) is 9.84. The molecule has 122 valence electrons. The molecular formula is C15H30N4O2. The van der Waals surface area contributed by atoms with Crippen LogP contribution in [-0.2, 0) is 9.59 Å². The topological polar surface area (TPSA) is 64.7 Å². The summed E-state index contributed by atoms with van der Waals surface area (Å²) in [5.74, 6) is -0.109. The van der Waals surface area contributed by atoms with Crippen LogP contribution in [0.1, 0.15) is 34.6 Å². The predicted octanol–water partition coefficient (Wildman–Crippen LogP) is 0.0433. The molecule has 1 aliphatic heterocycles. The number of hydrogen-bond acceptors (Lipinski definition) is 4. The Balaban J connectivity index is 2.63. The number of carbonyl (C=O) groups is 2. The van der Waals surface area contributed by atoms with Crippen molar-refractivity contribution in [3.05, 3.63) is 0 Å². The summed E-state index contributed by atoms with van der Waals surface area (Å²) in [6.07, 6.45) is 0. The van der Waals surface area contributed by atoms with Gasteiger partial charge in [-0.1, -0.05) is 0 Å². The number of hydrogen-bond donors (Lipinski definition) is 2. The number of carbonyl (C=O) groups excluding carboxylic acids is 2. The molecule has 1 unspecified atom stereocenters. The van der Waals surface area contributed by atoms with Crippen LogP contribution in [0.3, 0.4) is 0 Å². The van der Waals surface area contributed by atoms with E-state index >= 15 is 0 Å². The Morgan fingerprint density at radius 2 is 1.76 bits per heavy atom. The van der Waals surface area contributed by atoms with Crippen LogP contribution in [-0.4, -0.2) is 72.5 Å². The molecule has 0 bridgehead atoms. The molecule has 1 heterocycles. The fraction of sp³-hybridized carbons (Fsp3) is 0.867. The molecule has 2 amide bonds. The lowest BCUT2D eigenvalue weighted by atomic mass is 10.00. The maximum Gasteiger partial charge on any atom is 0.244 e. The number of rotatable bonds is 6. The van der Waals surface area contributed by atoms with E-state index in [-0.39, 0.29) is 11.8 Å². The minimum Gasteiger partial charge on any atom is -0.343 e. The van der Waals surface area contributed by atoms with Gasteiger partial charge in [-0.2, -0.15) is 0 Å². The van der Waals surface area contributed by atoms with E-state index in [0.717, 1.165) is 26.2 Å². The first kappa shape index (κ1) is 17.9. The van der Waals surface area contributed by atoms with Crippen molar-refractivity contribution in [2.75, 3.05) is 39.3 Å². The van der Waals surface area contributed by atoms with Gasteiger partial charge in [0.15, 0.2) is 0 Å². The highest BCUT2D eigenvalue weighted by Gasteiger charge is 2.36. The second-order valence-corrected chi connectivity index (χ2v) is 6.00. The fourth-order valence-corrected chi connectivity index (χ4v) is 2.61. The number of nitrogens with one attached hydrogen (secondary N) is 2. The van der Waals surface area contributed by atoms with Crippen LogP contribution in [0.5, 0.6) is 0 Å². The lowest BCUT2D eigenvalue weighted by molar-refractivity contribution is -0.139. The Hall–Kier alpha value is -1.14. The minimum absolute atomic E-state index is 0.0236. The molecule has 1 aliphatic rings. The number of piperazine rings is 1. The molecule has 0 aromatic carbocycles. The highest BCUT2D eigenvalue weighted by Crippen LogP contribution is 2.15. The standard InChI is InChI=1S/C15H30N4O2/c1-6-18(7-2)13(20)12(3)17-14(21)15(4,5)19-10-8-16-9-11-19/h12,16H,6-11H2,1-5H3,(H,17,21). The van der Waals surface area contributed by atoms with E-state index < -0.39 is 11.6 Å². The van der Waals surface area contributed by atoms with Crippen LogP contribution in [0.25, 0.3) is 0 Å². The van der Waals surface area contributed by atoms with Gasteiger partial charge in [-0.05, 0) is 34.6 Å². The summed E-state index contributed by atoms with van der Waals surface area (Å²) in [4.78, 5) is 28.7. The largest absolute Gasteiger partial charge is 0.343 e. The maximum atomic E-state index is 12.5. The summed E-state index contributed by atoms with van der Waals surface area (Å²) in [6.45, 7) is 14.3. The van der Waals surface area contributed by atoms with E-state index in [0.29, 0.717) is 13.1 Å². The second kappa shape index (κ2) is 7.75. The van der Waals surface area contributed by atoms with Crippen LogP contribution < -0.4 is 10.6 Å². The zero-order valence-electron chi connectivity index (χ0n) is 14.0. The Morgan fingerprint density at radius 1 is 1.24 bits per heavy atom. The molecule has 1 fully saturated rings. The number of amides is 2. The molecule has 6 heteroatoms. The van der Waals surface area contributed by atoms with Gasteiger partial charge < -0.3 is 15.5 Å². The third-order valence-corrected chi connectivity index (χ3v) is 4.26. The van der Waals surface area contributed by atoms with Gasteiger partial charge >= 0.3 is 0 Å². The summed E-state index contributed by atoms with van der Waals surface area (Å²) < 4.78 is 0.